The van der Waals surface area contributed by atoms with Crippen molar-refractivity contribution >= 4 is 0 Å². The molecule has 2 N–H and O–H groups in total. The predicted octanol–water partition coefficient (Wildman–Crippen LogP) is 2.54. The quantitative estimate of drug-likeness (QED) is 0.873. The van der Waals surface area contributed by atoms with Gasteiger partial charge in [0.1, 0.15) is 13.2 Å². The maximum absolute atomic E-state index is 6.11. The molecule has 0 saturated heterocycles. The summed E-state index contributed by atoms with van der Waals surface area (Å²) in [5, 5.41) is 0. The molecule has 0 radical (unpaired) electrons. The van der Waals surface area contributed by atoms with Crippen molar-refractivity contribution in [2.24, 2.45) is 5.73 Å². The van der Waals surface area contributed by atoms with E-state index in [0.29, 0.717) is 19.8 Å². The topological polar surface area (TPSA) is 44.5 Å². The Morgan fingerprint density at radius 2 is 1.89 bits per heavy atom. The molecule has 1 aromatic rings. The van der Waals surface area contributed by atoms with Gasteiger partial charge in [-0.15, -0.1) is 0 Å². The molecule has 18 heavy (non-hydrogen) atoms. The van der Waals surface area contributed by atoms with E-state index < -0.39 is 0 Å². The first-order valence-corrected chi connectivity index (χ1v) is 6.87. The molecule has 1 aliphatic heterocycles. The summed E-state index contributed by atoms with van der Waals surface area (Å²) in [5.74, 6) is 1.84. The summed E-state index contributed by atoms with van der Waals surface area (Å²) in [4.78, 5) is 0. The van der Waals surface area contributed by atoms with Crippen LogP contribution in [-0.4, -0.2) is 19.8 Å². The van der Waals surface area contributed by atoms with E-state index in [4.69, 9.17) is 15.2 Å². The molecule has 1 fully saturated rings. The summed E-state index contributed by atoms with van der Waals surface area (Å²) in [6.45, 7) is 4.15. The molecule has 0 amide bonds. The molecule has 0 bridgehead atoms. The van der Waals surface area contributed by atoms with Crippen molar-refractivity contribution in [3.05, 3.63) is 23.3 Å². The Morgan fingerprint density at radius 1 is 1.17 bits per heavy atom. The Hall–Kier alpha value is -1.22. The maximum atomic E-state index is 6.11. The first-order valence-electron chi connectivity index (χ1n) is 6.87. The third-order valence-corrected chi connectivity index (χ3v) is 4.40. The zero-order valence-electron chi connectivity index (χ0n) is 11.0. The Kier molecular flexibility index (Phi) is 2.94. The summed E-state index contributed by atoms with van der Waals surface area (Å²) >= 11 is 0. The summed E-state index contributed by atoms with van der Waals surface area (Å²) in [5.41, 5.74) is 8.80. The Bertz CT molecular complexity index is 450. The van der Waals surface area contributed by atoms with Crippen molar-refractivity contribution in [2.75, 3.05) is 19.8 Å². The van der Waals surface area contributed by atoms with E-state index in [2.05, 4.69) is 13.0 Å². The second kappa shape index (κ2) is 4.47. The summed E-state index contributed by atoms with van der Waals surface area (Å²) < 4.78 is 11.6. The zero-order chi connectivity index (χ0) is 12.6. The fraction of sp³-hybridized carbons (Fsp3) is 0.600. The van der Waals surface area contributed by atoms with Crippen molar-refractivity contribution in [3.63, 3.8) is 0 Å². The van der Waals surface area contributed by atoms with Crippen LogP contribution in [0.25, 0.3) is 0 Å². The molecule has 0 spiro atoms. The third kappa shape index (κ3) is 1.69. The van der Waals surface area contributed by atoms with E-state index in [-0.39, 0.29) is 5.41 Å². The van der Waals surface area contributed by atoms with Gasteiger partial charge in [0.15, 0.2) is 11.5 Å². The SMILES string of the molecule is Cc1ccc2c(c1C1(CN)CCCC1)OCCO2. The highest BCUT2D eigenvalue weighted by Gasteiger charge is 2.39. The van der Waals surface area contributed by atoms with Crippen molar-refractivity contribution < 1.29 is 9.47 Å². The molecule has 1 heterocycles. The monoisotopic (exact) mass is 247 g/mol. The molecule has 3 rings (SSSR count). The molecule has 1 aromatic carbocycles. The number of rotatable bonds is 2. The number of ether oxygens (including phenoxy) is 2. The van der Waals surface area contributed by atoms with E-state index in [9.17, 15) is 0 Å². The minimum Gasteiger partial charge on any atom is -0.486 e. The van der Waals surface area contributed by atoms with Gasteiger partial charge in [-0.1, -0.05) is 18.9 Å². The van der Waals surface area contributed by atoms with Gasteiger partial charge < -0.3 is 15.2 Å². The van der Waals surface area contributed by atoms with Gasteiger partial charge in [0.25, 0.3) is 0 Å². The second-order valence-electron chi connectivity index (χ2n) is 5.47. The number of hydrogen-bond donors (Lipinski definition) is 1. The lowest BCUT2D eigenvalue weighted by Gasteiger charge is -2.33. The van der Waals surface area contributed by atoms with E-state index in [1.807, 2.05) is 6.07 Å². The Balaban J connectivity index is 2.15. The van der Waals surface area contributed by atoms with Gasteiger partial charge in [-0.25, -0.2) is 0 Å². The molecule has 3 heteroatoms. The second-order valence-corrected chi connectivity index (χ2v) is 5.47. The number of benzene rings is 1. The van der Waals surface area contributed by atoms with Crippen LogP contribution in [-0.2, 0) is 5.41 Å². The number of nitrogens with two attached hydrogens (primary N) is 1. The van der Waals surface area contributed by atoms with Gasteiger partial charge in [0, 0.05) is 17.5 Å². The lowest BCUT2D eigenvalue weighted by atomic mass is 9.76. The van der Waals surface area contributed by atoms with E-state index in [1.54, 1.807) is 0 Å². The van der Waals surface area contributed by atoms with Crippen LogP contribution in [0.1, 0.15) is 36.8 Å². The van der Waals surface area contributed by atoms with Gasteiger partial charge in [-0.3, -0.25) is 0 Å². The lowest BCUT2D eigenvalue weighted by molar-refractivity contribution is 0.166. The minimum atomic E-state index is 0.107. The van der Waals surface area contributed by atoms with Gasteiger partial charge in [0.05, 0.1) is 0 Å². The fourth-order valence-electron chi connectivity index (χ4n) is 3.48. The van der Waals surface area contributed by atoms with Crippen LogP contribution in [0.15, 0.2) is 12.1 Å². The van der Waals surface area contributed by atoms with E-state index >= 15 is 0 Å². The molecule has 98 valence electrons. The van der Waals surface area contributed by atoms with Crippen LogP contribution >= 0.6 is 0 Å². The van der Waals surface area contributed by atoms with Crippen molar-refractivity contribution in [1.29, 1.82) is 0 Å². The largest absolute Gasteiger partial charge is 0.486 e. The maximum Gasteiger partial charge on any atom is 0.165 e. The number of hydrogen-bond acceptors (Lipinski definition) is 3. The number of fused-ring (bicyclic) bond motifs is 1. The summed E-state index contributed by atoms with van der Waals surface area (Å²) in [7, 11) is 0. The average molecular weight is 247 g/mol. The van der Waals surface area contributed by atoms with Crippen LogP contribution in [0.3, 0.4) is 0 Å². The predicted molar refractivity (Wildman–Crippen MR) is 71.4 cm³/mol. The van der Waals surface area contributed by atoms with Crippen molar-refractivity contribution in [1.82, 2.24) is 0 Å². The standard InChI is InChI=1S/C15H21NO2/c1-11-4-5-12-14(18-9-8-17-12)13(11)15(10-16)6-2-3-7-15/h4-5H,2-3,6-10,16H2,1H3. The zero-order valence-corrected chi connectivity index (χ0v) is 11.0. The van der Waals surface area contributed by atoms with Crippen LogP contribution < -0.4 is 15.2 Å². The average Bonchev–Trinajstić information content (AvgIpc) is 2.88. The van der Waals surface area contributed by atoms with Gasteiger partial charge in [0.2, 0.25) is 0 Å². The molecule has 0 atom stereocenters. The highest BCUT2D eigenvalue weighted by Crippen LogP contribution is 2.49. The highest BCUT2D eigenvalue weighted by atomic mass is 16.6. The van der Waals surface area contributed by atoms with E-state index in [1.165, 1.54) is 36.8 Å². The van der Waals surface area contributed by atoms with Gasteiger partial charge in [-0.05, 0) is 31.4 Å². The first kappa shape index (κ1) is 11.8. The smallest absolute Gasteiger partial charge is 0.165 e. The highest BCUT2D eigenvalue weighted by molar-refractivity contribution is 5.55. The Labute approximate surface area is 108 Å². The molecular formula is C15H21NO2. The van der Waals surface area contributed by atoms with Crippen LogP contribution in [0.4, 0.5) is 0 Å². The van der Waals surface area contributed by atoms with Gasteiger partial charge in [-0.2, -0.15) is 0 Å². The van der Waals surface area contributed by atoms with Crippen LogP contribution in [0.2, 0.25) is 0 Å². The van der Waals surface area contributed by atoms with E-state index in [0.717, 1.165) is 11.5 Å². The molecule has 2 aliphatic rings. The molecule has 3 nitrogen and oxygen atoms in total. The molecule has 1 saturated carbocycles. The summed E-state index contributed by atoms with van der Waals surface area (Å²) in [6, 6.07) is 4.16. The molecular weight excluding hydrogens is 226 g/mol. The fourth-order valence-corrected chi connectivity index (χ4v) is 3.48. The summed E-state index contributed by atoms with van der Waals surface area (Å²) in [6.07, 6.45) is 4.87. The third-order valence-electron chi connectivity index (χ3n) is 4.40. The lowest BCUT2D eigenvalue weighted by Crippen LogP contribution is -2.34. The molecule has 1 aliphatic carbocycles. The van der Waals surface area contributed by atoms with Crippen LogP contribution in [0, 0.1) is 6.92 Å². The molecule has 0 unspecified atom stereocenters. The number of aryl methyl sites for hydroxylation is 1. The van der Waals surface area contributed by atoms with Crippen molar-refractivity contribution in [3.8, 4) is 11.5 Å². The first-order chi connectivity index (χ1) is 8.77. The van der Waals surface area contributed by atoms with Gasteiger partial charge >= 0.3 is 0 Å². The molecule has 0 aromatic heterocycles. The Morgan fingerprint density at radius 3 is 2.61 bits per heavy atom. The van der Waals surface area contributed by atoms with Crippen LogP contribution in [0.5, 0.6) is 11.5 Å². The normalized spacial score (nSPS) is 21.0. The minimum absolute atomic E-state index is 0.107. The van der Waals surface area contributed by atoms with Crippen molar-refractivity contribution in [2.45, 2.75) is 38.0 Å².